The molecule has 1 fully saturated rings. The number of nitrogens with one attached hydrogen (secondary N) is 1. The SMILES string of the molecule is C[C@@H](NCC1(O)CCCCCC1)c1ccncc1. The fourth-order valence-corrected chi connectivity index (χ4v) is 2.68. The third-order valence-corrected chi connectivity index (χ3v) is 3.98. The summed E-state index contributed by atoms with van der Waals surface area (Å²) in [6.07, 6.45) is 10.3. The molecule has 1 heterocycles. The van der Waals surface area contributed by atoms with Crippen molar-refractivity contribution in [2.24, 2.45) is 0 Å². The maximum Gasteiger partial charge on any atom is 0.0771 e. The van der Waals surface area contributed by atoms with Crippen LogP contribution in [0.4, 0.5) is 0 Å². The van der Waals surface area contributed by atoms with Crippen molar-refractivity contribution in [3.63, 3.8) is 0 Å². The van der Waals surface area contributed by atoms with E-state index in [2.05, 4.69) is 17.2 Å². The Morgan fingerprint density at radius 2 is 1.83 bits per heavy atom. The van der Waals surface area contributed by atoms with E-state index in [1.54, 1.807) is 0 Å². The molecular weight excluding hydrogens is 224 g/mol. The highest BCUT2D eigenvalue weighted by molar-refractivity contribution is 5.14. The molecule has 0 unspecified atom stereocenters. The van der Waals surface area contributed by atoms with Crippen molar-refractivity contribution in [2.75, 3.05) is 6.54 Å². The van der Waals surface area contributed by atoms with Gasteiger partial charge in [-0.2, -0.15) is 0 Å². The topological polar surface area (TPSA) is 45.1 Å². The maximum atomic E-state index is 10.6. The number of aromatic nitrogens is 1. The van der Waals surface area contributed by atoms with E-state index in [1.165, 1.54) is 18.4 Å². The molecule has 1 aliphatic rings. The van der Waals surface area contributed by atoms with Crippen LogP contribution in [-0.2, 0) is 0 Å². The van der Waals surface area contributed by atoms with E-state index in [0.29, 0.717) is 6.54 Å². The van der Waals surface area contributed by atoms with Crippen molar-refractivity contribution < 1.29 is 5.11 Å². The van der Waals surface area contributed by atoms with Crippen LogP contribution in [0.3, 0.4) is 0 Å². The molecule has 100 valence electrons. The molecule has 0 radical (unpaired) electrons. The van der Waals surface area contributed by atoms with E-state index in [-0.39, 0.29) is 6.04 Å². The van der Waals surface area contributed by atoms with Crippen molar-refractivity contribution >= 4 is 0 Å². The number of rotatable bonds is 4. The first kappa shape index (κ1) is 13.5. The third kappa shape index (κ3) is 3.79. The minimum atomic E-state index is -0.502. The molecule has 0 spiro atoms. The van der Waals surface area contributed by atoms with Crippen LogP contribution in [0, 0.1) is 0 Å². The molecule has 3 nitrogen and oxygen atoms in total. The van der Waals surface area contributed by atoms with E-state index < -0.39 is 5.60 Å². The number of pyridine rings is 1. The highest BCUT2D eigenvalue weighted by Gasteiger charge is 2.28. The number of hydrogen-bond acceptors (Lipinski definition) is 3. The lowest BCUT2D eigenvalue weighted by molar-refractivity contribution is 0.0231. The molecule has 1 aromatic heterocycles. The standard InChI is InChI=1S/C15H24N2O/c1-13(14-6-10-16-11-7-14)17-12-15(18)8-4-2-3-5-9-15/h6-7,10-11,13,17-18H,2-5,8-9,12H2,1H3/t13-/m1/s1. The zero-order chi connectivity index (χ0) is 12.8. The van der Waals surface area contributed by atoms with Gasteiger partial charge in [0.1, 0.15) is 0 Å². The van der Waals surface area contributed by atoms with Gasteiger partial charge in [0.25, 0.3) is 0 Å². The highest BCUT2D eigenvalue weighted by Crippen LogP contribution is 2.27. The molecule has 3 heteroatoms. The second-order valence-electron chi connectivity index (χ2n) is 5.52. The van der Waals surface area contributed by atoms with E-state index in [1.807, 2.05) is 24.5 Å². The monoisotopic (exact) mass is 248 g/mol. The lowest BCUT2D eigenvalue weighted by Gasteiger charge is -2.29. The molecule has 2 rings (SSSR count). The predicted molar refractivity (Wildman–Crippen MR) is 73.3 cm³/mol. The van der Waals surface area contributed by atoms with Crippen molar-refractivity contribution in [2.45, 2.75) is 57.1 Å². The van der Waals surface area contributed by atoms with Gasteiger partial charge in [-0.25, -0.2) is 0 Å². The Hall–Kier alpha value is -0.930. The fourth-order valence-electron chi connectivity index (χ4n) is 2.68. The average Bonchev–Trinajstić information content (AvgIpc) is 2.62. The average molecular weight is 248 g/mol. The maximum absolute atomic E-state index is 10.6. The molecule has 0 amide bonds. The Morgan fingerprint density at radius 1 is 1.22 bits per heavy atom. The van der Waals surface area contributed by atoms with Gasteiger partial charge in [0.05, 0.1) is 5.60 Å². The summed E-state index contributed by atoms with van der Waals surface area (Å²) in [6, 6.07) is 4.31. The fraction of sp³-hybridized carbons (Fsp3) is 0.667. The minimum Gasteiger partial charge on any atom is -0.389 e. The van der Waals surface area contributed by atoms with Crippen molar-refractivity contribution in [1.29, 1.82) is 0 Å². The van der Waals surface area contributed by atoms with Crippen molar-refractivity contribution in [3.05, 3.63) is 30.1 Å². The molecular formula is C15H24N2O. The Kier molecular flexibility index (Phi) is 4.72. The summed E-state index contributed by atoms with van der Waals surface area (Å²) < 4.78 is 0. The van der Waals surface area contributed by atoms with E-state index in [0.717, 1.165) is 25.7 Å². The van der Waals surface area contributed by atoms with Gasteiger partial charge in [-0.15, -0.1) is 0 Å². The van der Waals surface area contributed by atoms with Gasteiger partial charge < -0.3 is 10.4 Å². The Bertz CT molecular complexity index is 345. The Balaban J connectivity index is 1.86. The molecule has 1 saturated carbocycles. The van der Waals surface area contributed by atoms with Crippen LogP contribution in [0.15, 0.2) is 24.5 Å². The van der Waals surface area contributed by atoms with Gasteiger partial charge in [0.15, 0.2) is 0 Å². The molecule has 0 saturated heterocycles. The normalized spacial score (nSPS) is 21.2. The third-order valence-electron chi connectivity index (χ3n) is 3.98. The van der Waals surface area contributed by atoms with Crippen LogP contribution in [0.5, 0.6) is 0 Å². The predicted octanol–water partition coefficient (Wildman–Crippen LogP) is 2.82. The van der Waals surface area contributed by atoms with E-state index in [9.17, 15) is 5.11 Å². The smallest absolute Gasteiger partial charge is 0.0771 e. The van der Waals surface area contributed by atoms with E-state index in [4.69, 9.17) is 0 Å². The summed E-state index contributed by atoms with van der Waals surface area (Å²) in [5.74, 6) is 0. The molecule has 2 N–H and O–H groups in total. The summed E-state index contributed by atoms with van der Waals surface area (Å²) in [4.78, 5) is 4.03. The molecule has 18 heavy (non-hydrogen) atoms. The van der Waals surface area contributed by atoms with Gasteiger partial charge in [-0.05, 0) is 37.5 Å². The summed E-state index contributed by atoms with van der Waals surface area (Å²) in [5.41, 5.74) is 0.722. The Morgan fingerprint density at radius 3 is 2.44 bits per heavy atom. The van der Waals surface area contributed by atoms with Gasteiger partial charge in [-0.3, -0.25) is 4.98 Å². The van der Waals surface area contributed by atoms with Crippen LogP contribution in [0.25, 0.3) is 0 Å². The Labute approximate surface area is 110 Å². The second kappa shape index (κ2) is 6.30. The summed E-state index contributed by atoms with van der Waals surface area (Å²) in [7, 11) is 0. The molecule has 1 aliphatic carbocycles. The van der Waals surface area contributed by atoms with Crippen molar-refractivity contribution in [1.82, 2.24) is 10.3 Å². The van der Waals surface area contributed by atoms with Crippen LogP contribution in [0.1, 0.15) is 57.1 Å². The zero-order valence-electron chi connectivity index (χ0n) is 11.2. The largest absolute Gasteiger partial charge is 0.389 e. The molecule has 0 aromatic carbocycles. The van der Waals surface area contributed by atoms with E-state index >= 15 is 0 Å². The number of nitrogens with zero attached hydrogens (tertiary/aromatic N) is 1. The van der Waals surface area contributed by atoms with Gasteiger partial charge in [-0.1, -0.05) is 25.7 Å². The molecule has 0 bridgehead atoms. The first-order chi connectivity index (χ1) is 8.70. The second-order valence-corrected chi connectivity index (χ2v) is 5.52. The summed E-state index contributed by atoms with van der Waals surface area (Å²) in [6.45, 7) is 2.83. The van der Waals surface area contributed by atoms with Crippen LogP contribution < -0.4 is 5.32 Å². The summed E-state index contributed by atoms with van der Waals surface area (Å²) in [5, 5.41) is 14.0. The lowest BCUT2D eigenvalue weighted by Crippen LogP contribution is -2.41. The van der Waals surface area contributed by atoms with Crippen LogP contribution in [0.2, 0.25) is 0 Å². The molecule has 1 aromatic rings. The highest BCUT2D eigenvalue weighted by atomic mass is 16.3. The first-order valence-electron chi connectivity index (χ1n) is 7.05. The lowest BCUT2D eigenvalue weighted by atomic mass is 9.94. The zero-order valence-corrected chi connectivity index (χ0v) is 11.2. The summed E-state index contributed by atoms with van der Waals surface area (Å²) >= 11 is 0. The minimum absolute atomic E-state index is 0.264. The first-order valence-corrected chi connectivity index (χ1v) is 7.05. The quantitative estimate of drug-likeness (QED) is 0.805. The molecule has 0 aliphatic heterocycles. The van der Waals surface area contributed by atoms with Crippen LogP contribution >= 0.6 is 0 Å². The van der Waals surface area contributed by atoms with Crippen molar-refractivity contribution in [3.8, 4) is 0 Å². The number of hydrogen-bond donors (Lipinski definition) is 2. The molecule has 1 atom stereocenters. The van der Waals surface area contributed by atoms with Gasteiger partial charge >= 0.3 is 0 Å². The van der Waals surface area contributed by atoms with Crippen LogP contribution in [-0.4, -0.2) is 22.2 Å². The van der Waals surface area contributed by atoms with Gasteiger partial charge in [0, 0.05) is 25.0 Å². The number of aliphatic hydroxyl groups is 1. The van der Waals surface area contributed by atoms with Gasteiger partial charge in [0.2, 0.25) is 0 Å².